The molecule has 1 aromatic rings. The van der Waals surface area contributed by atoms with E-state index >= 15 is 0 Å². The molecule has 22 heavy (non-hydrogen) atoms. The molecule has 118 valence electrons. The highest BCUT2D eigenvalue weighted by molar-refractivity contribution is 5.98. The van der Waals surface area contributed by atoms with Gasteiger partial charge in [0.2, 0.25) is 0 Å². The minimum Gasteiger partial charge on any atom is -0.393 e. The molecular weight excluding hydrogens is 280 g/mol. The first-order valence-corrected chi connectivity index (χ1v) is 8.00. The molecule has 3 rings (SSSR count). The van der Waals surface area contributed by atoms with Gasteiger partial charge in [-0.05, 0) is 49.9 Å². The molecule has 0 bridgehead atoms. The lowest BCUT2D eigenvalue weighted by molar-refractivity contribution is 0.0912. The van der Waals surface area contributed by atoms with E-state index in [0.717, 1.165) is 32.1 Å². The van der Waals surface area contributed by atoms with Crippen LogP contribution < -0.4 is 10.6 Å². The maximum absolute atomic E-state index is 12.1. The predicted octanol–water partition coefficient (Wildman–Crippen LogP) is 1.47. The minimum absolute atomic E-state index is 0.0801. The van der Waals surface area contributed by atoms with E-state index in [9.17, 15) is 14.7 Å². The van der Waals surface area contributed by atoms with Gasteiger partial charge < -0.3 is 15.7 Å². The Kier molecular flexibility index (Phi) is 4.43. The lowest BCUT2D eigenvalue weighted by atomic mass is 10.1. The lowest BCUT2D eigenvalue weighted by Crippen LogP contribution is -2.32. The second-order valence-corrected chi connectivity index (χ2v) is 6.29. The normalized spacial score (nSPS) is 24.0. The van der Waals surface area contributed by atoms with Crippen LogP contribution in [0.5, 0.6) is 0 Å². The molecule has 2 aliphatic carbocycles. The first-order chi connectivity index (χ1) is 10.6. The molecule has 0 saturated heterocycles. The maximum atomic E-state index is 12.1. The Morgan fingerprint density at radius 3 is 2.18 bits per heavy atom. The van der Waals surface area contributed by atoms with Crippen LogP contribution in [0, 0.1) is 5.92 Å². The number of carbonyl (C=O) groups excluding carboxylic acids is 2. The van der Waals surface area contributed by atoms with Gasteiger partial charge in [-0.1, -0.05) is 6.42 Å². The summed E-state index contributed by atoms with van der Waals surface area (Å²) in [4.78, 5) is 24.0. The van der Waals surface area contributed by atoms with Crippen LogP contribution in [0.4, 0.5) is 0 Å². The third kappa shape index (κ3) is 3.65. The summed E-state index contributed by atoms with van der Waals surface area (Å²) in [6.07, 6.45) is 4.62. The molecule has 0 aromatic heterocycles. The number of nitrogens with one attached hydrogen (secondary N) is 2. The van der Waals surface area contributed by atoms with Gasteiger partial charge in [-0.2, -0.15) is 0 Å². The van der Waals surface area contributed by atoms with Crippen LogP contribution in [0.1, 0.15) is 52.8 Å². The van der Waals surface area contributed by atoms with Crippen molar-refractivity contribution in [1.82, 2.24) is 10.6 Å². The second kappa shape index (κ2) is 6.48. The quantitative estimate of drug-likeness (QED) is 0.770. The fourth-order valence-electron chi connectivity index (χ4n) is 2.85. The molecule has 2 unspecified atom stereocenters. The van der Waals surface area contributed by atoms with E-state index < -0.39 is 0 Å². The summed E-state index contributed by atoms with van der Waals surface area (Å²) in [5.74, 6) is -0.0793. The third-order valence-electron chi connectivity index (χ3n) is 4.47. The molecule has 0 heterocycles. The van der Waals surface area contributed by atoms with Crippen LogP contribution in [-0.2, 0) is 0 Å². The van der Waals surface area contributed by atoms with Gasteiger partial charge in [0.05, 0.1) is 6.10 Å². The first-order valence-electron chi connectivity index (χ1n) is 8.00. The highest BCUT2D eigenvalue weighted by Crippen LogP contribution is 2.24. The van der Waals surface area contributed by atoms with E-state index in [1.54, 1.807) is 24.3 Å². The second-order valence-electron chi connectivity index (χ2n) is 6.29. The van der Waals surface area contributed by atoms with Crippen molar-refractivity contribution in [3.05, 3.63) is 35.4 Å². The summed E-state index contributed by atoms with van der Waals surface area (Å²) in [7, 11) is 0. The van der Waals surface area contributed by atoms with Crippen LogP contribution in [0.2, 0.25) is 0 Å². The van der Waals surface area contributed by atoms with Crippen LogP contribution in [0.3, 0.4) is 0 Å². The van der Waals surface area contributed by atoms with E-state index in [4.69, 9.17) is 0 Å². The summed E-state index contributed by atoms with van der Waals surface area (Å²) >= 11 is 0. The lowest BCUT2D eigenvalue weighted by Gasteiger charge is -2.15. The SMILES string of the molecule is O=C(NCC1CCCC1O)c1ccc(C(=O)NC2CC2)cc1. The molecule has 2 saturated carbocycles. The smallest absolute Gasteiger partial charge is 0.251 e. The van der Waals surface area contributed by atoms with Crippen LogP contribution in [-0.4, -0.2) is 35.6 Å². The Hall–Kier alpha value is -1.88. The molecule has 0 aliphatic heterocycles. The van der Waals surface area contributed by atoms with E-state index in [-0.39, 0.29) is 23.8 Å². The van der Waals surface area contributed by atoms with Crippen LogP contribution >= 0.6 is 0 Å². The average molecular weight is 302 g/mol. The summed E-state index contributed by atoms with van der Waals surface area (Å²) in [5.41, 5.74) is 1.12. The van der Waals surface area contributed by atoms with Crippen molar-refractivity contribution in [3.63, 3.8) is 0 Å². The topological polar surface area (TPSA) is 78.4 Å². The zero-order valence-corrected chi connectivity index (χ0v) is 12.5. The van der Waals surface area contributed by atoms with Gasteiger partial charge in [0.15, 0.2) is 0 Å². The summed E-state index contributed by atoms with van der Waals surface area (Å²) in [6, 6.07) is 7.02. The highest BCUT2D eigenvalue weighted by Gasteiger charge is 2.26. The summed E-state index contributed by atoms with van der Waals surface area (Å²) < 4.78 is 0. The standard InChI is InChI=1S/C17H22N2O3/c20-15-3-1-2-13(15)10-18-16(21)11-4-6-12(7-5-11)17(22)19-14-8-9-14/h4-7,13-15,20H,1-3,8-10H2,(H,18,21)(H,19,22). The van der Waals surface area contributed by atoms with E-state index in [0.29, 0.717) is 23.7 Å². The largest absolute Gasteiger partial charge is 0.393 e. The number of hydrogen-bond acceptors (Lipinski definition) is 3. The van der Waals surface area contributed by atoms with E-state index in [1.165, 1.54) is 0 Å². The summed E-state index contributed by atoms with van der Waals surface area (Å²) in [5, 5.41) is 15.5. The highest BCUT2D eigenvalue weighted by atomic mass is 16.3. The van der Waals surface area contributed by atoms with Gasteiger partial charge in [0, 0.05) is 29.6 Å². The molecule has 5 heteroatoms. The monoisotopic (exact) mass is 302 g/mol. The Bertz CT molecular complexity index is 552. The molecule has 2 atom stereocenters. The molecular formula is C17H22N2O3. The number of aliphatic hydroxyl groups is 1. The van der Waals surface area contributed by atoms with Gasteiger partial charge in [-0.3, -0.25) is 9.59 Å². The Morgan fingerprint density at radius 1 is 1.00 bits per heavy atom. The van der Waals surface area contributed by atoms with Gasteiger partial charge in [0.25, 0.3) is 11.8 Å². The molecule has 2 aliphatic rings. The van der Waals surface area contributed by atoms with Gasteiger partial charge >= 0.3 is 0 Å². The number of carbonyl (C=O) groups is 2. The molecule has 1 aromatic carbocycles. The number of amides is 2. The van der Waals surface area contributed by atoms with Crippen LogP contribution in [0.25, 0.3) is 0 Å². The Balaban J connectivity index is 1.52. The molecule has 0 spiro atoms. The maximum Gasteiger partial charge on any atom is 0.251 e. The first kappa shape index (κ1) is 15.0. The van der Waals surface area contributed by atoms with Crippen molar-refractivity contribution in [2.75, 3.05) is 6.54 Å². The van der Waals surface area contributed by atoms with Crippen molar-refractivity contribution in [1.29, 1.82) is 0 Å². The van der Waals surface area contributed by atoms with Gasteiger partial charge in [-0.15, -0.1) is 0 Å². The van der Waals surface area contributed by atoms with Gasteiger partial charge in [0.1, 0.15) is 0 Å². The van der Waals surface area contributed by atoms with Gasteiger partial charge in [-0.25, -0.2) is 0 Å². The van der Waals surface area contributed by atoms with Crippen molar-refractivity contribution < 1.29 is 14.7 Å². The Labute approximate surface area is 130 Å². The van der Waals surface area contributed by atoms with Crippen LogP contribution in [0.15, 0.2) is 24.3 Å². The summed E-state index contributed by atoms with van der Waals surface area (Å²) in [6.45, 7) is 0.504. The Morgan fingerprint density at radius 2 is 1.64 bits per heavy atom. The molecule has 2 amide bonds. The zero-order valence-electron chi connectivity index (χ0n) is 12.5. The third-order valence-corrected chi connectivity index (χ3v) is 4.47. The molecule has 0 radical (unpaired) electrons. The van der Waals surface area contributed by atoms with E-state index in [2.05, 4.69) is 10.6 Å². The number of benzene rings is 1. The van der Waals surface area contributed by atoms with E-state index in [1.807, 2.05) is 0 Å². The fraction of sp³-hybridized carbons (Fsp3) is 0.529. The fourth-order valence-corrected chi connectivity index (χ4v) is 2.85. The predicted molar refractivity (Wildman–Crippen MR) is 82.6 cm³/mol. The molecule has 3 N–H and O–H groups in total. The number of hydrogen-bond donors (Lipinski definition) is 3. The van der Waals surface area contributed by atoms with Crippen molar-refractivity contribution in [2.45, 2.75) is 44.2 Å². The number of rotatable bonds is 5. The molecule has 5 nitrogen and oxygen atoms in total. The van der Waals surface area contributed by atoms with Crippen molar-refractivity contribution in [3.8, 4) is 0 Å². The van der Waals surface area contributed by atoms with Crippen molar-refractivity contribution >= 4 is 11.8 Å². The minimum atomic E-state index is -0.297. The number of aliphatic hydroxyl groups excluding tert-OH is 1. The van der Waals surface area contributed by atoms with Crippen molar-refractivity contribution in [2.24, 2.45) is 5.92 Å². The average Bonchev–Trinajstić information content (AvgIpc) is 3.25. The zero-order chi connectivity index (χ0) is 15.5. The molecule has 2 fully saturated rings.